The van der Waals surface area contributed by atoms with Crippen molar-refractivity contribution < 1.29 is 15.0 Å². The number of Topliss-reactive ketones (excluding diaryl/α,β-unsaturated/α-hetero) is 1. The number of hydrogen-bond acceptors (Lipinski definition) is 3. The average Bonchev–Trinajstić information content (AvgIpc) is 2.67. The Balaban J connectivity index is 2.18. The molecule has 0 radical (unpaired) electrons. The Kier molecular flexibility index (Phi) is 4.11. The lowest BCUT2D eigenvalue weighted by Crippen LogP contribution is -2.20. The molecule has 4 aromatic rings. The highest BCUT2D eigenvalue weighted by Crippen LogP contribution is 2.46. The van der Waals surface area contributed by atoms with Crippen molar-refractivity contribution in [1.82, 2.24) is 0 Å². The summed E-state index contributed by atoms with van der Waals surface area (Å²) in [6.45, 7) is 5.50. The first-order chi connectivity index (χ1) is 13.3. The first-order valence-corrected chi connectivity index (χ1v) is 9.29. The van der Waals surface area contributed by atoms with Gasteiger partial charge in [0.1, 0.15) is 11.5 Å². The van der Waals surface area contributed by atoms with E-state index >= 15 is 0 Å². The van der Waals surface area contributed by atoms with Crippen molar-refractivity contribution in [2.24, 2.45) is 5.41 Å². The quantitative estimate of drug-likeness (QED) is 0.407. The summed E-state index contributed by atoms with van der Waals surface area (Å²) in [6, 6.07) is 20.5. The number of phenols is 2. The van der Waals surface area contributed by atoms with Gasteiger partial charge in [-0.25, -0.2) is 0 Å². The molecule has 28 heavy (non-hydrogen) atoms. The zero-order valence-corrected chi connectivity index (χ0v) is 16.2. The summed E-state index contributed by atoms with van der Waals surface area (Å²) in [5, 5.41) is 25.4. The molecule has 0 aliphatic rings. The van der Waals surface area contributed by atoms with Crippen molar-refractivity contribution in [1.29, 1.82) is 0 Å². The topological polar surface area (TPSA) is 57.5 Å². The Labute approximate surface area is 163 Å². The maximum atomic E-state index is 13.0. The summed E-state index contributed by atoms with van der Waals surface area (Å²) in [5.41, 5.74) is 0.654. The number of hydrogen-bond donors (Lipinski definition) is 2. The van der Waals surface area contributed by atoms with Crippen LogP contribution in [0.2, 0.25) is 0 Å². The molecule has 0 fully saturated rings. The third-order valence-corrected chi connectivity index (χ3v) is 5.10. The van der Waals surface area contributed by atoms with Crippen LogP contribution >= 0.6 is 0 Å². The highest BCUT2D eigenvalue weighted by molar-refractivity contribution is 6.15. The van der Waals surface area contributed by atoms with Gasteiger partial charge in [0.2, 0.25) is 0 Å². The molecule has 0 amide bonds. The molecule has 140 valence electrons. The number of ketones is 1. The van der Waals surface area contributed by atoms with Crippen LogP contribution in [0.15, 0.2) is 66.7 Å². The molecule has 4 aromatic carbocycles. The van der Waals surface area contributed by atoms with Crippen LogP contribution in [0.4, 0.5) is 0 Å². The average molecular weight is 370 g/mol. The Morgan fingerprint density at radius 1 is 0.750 bits per heavy atom. The fourth-order valence-electron chi connectivity index (χ4n) is 3.69. The van der Waals surface area contributed by atoms with E-state index in [-0.39, 0.29) is 22.8 Å². The van der Waals surface area contributed by atoms with Gasteiger partial charge in [-0.2, -0.15) is 0 Å². The van der Waals surface area contributed by atoms with Crippen LogP contribution in [-0.4, -0.2) is 16.0 Å². The molecule has 0 unspecified atom stereocenters. The fraction of sp³-hybridized carbons (Fsp3) is 0.160. The van der Waals surface area contributed by atoms with Crippen LogP contribution in [0.3, 0.4) is 0 Å². The number of rotatable bonds is 2. The predicted octanol–water partition coefficient (Wildman–Crippen LogP) is 6.30. The van der Waals surface area contributed by atoms with Gasteiger partial charge in [-0.05, 0) is 33.7 Å². The first kappa shape index (κ1) is 18.1. The summed E-state index contributed by atoms with van der Waals surface area (Å²) in [5.74, 6) is -0.165. The van der Waals surface area contributed by atoms with E-state index in [4.69, 9.17) is 0 Å². The Morgan fingerprint density at radius 3 is 1.96 bits per heavy atom. The van der Waals surface area contributed by atoms with Gasteiger partial charge in [-0.15, -0.1) is 0 Å². The summed E-state index contributed by atoms with van der Waals surface area (Å²) in [7, 11) is 0. The lowest BCUT2D eigenvalue weighted by atomic mass is 9.83. The molecule has 0 saturated heterocycles. The standard InChI is InChI=1S/C25H22O3/c1-25(2,3)24(28)19-14-16-9-5-7-11-18(16)22(23(19)27)21-17-10-6-4-8-15(17)12-13-20(21)26/h4-14,26-27H,1-3H3. The van der Waals surface area contributed by atoms with Crippen LogP contribution in [0.1, 0.15) is 31.1 Å². The molecule has 4 rings (SSSR count). The minimum absolute atomic E-state index is 0.0690. The molecule has 0 bridgehead atoms. The maximum absolute atomic E-state index is 13.0. The van der Waals surface area contributed by atoms with Crippen molar-refractivity contribution in [2.45, 2.75) is 20.8 Å². The second-order valence-corrected chi connectivity index (χ2v) is 8.13. The second kappa shape index (κ2) is 6.38. The van der Waals surface area contributed by atoms with E-state index < -0.39 is 5.41 Å². The Hall–Kier alpha value is -3.33. The van der Waals surface area contributed by atoms with E-state index in [0.29, 0.717) is 11.1 Å². The molecular formula is C25H22O3. The molecule has 2 N–H and O–H groups in total. The SMILES string of the molecule is CC(C)(C)C(=O)c1cc2ccccc2c(-c2c(O)ccc3ccccc23)c1O. The summed E-state index contributed by atoms with van der Waals surface area (Å²) < 4.78 is 0. The molecule has 0 atom stereocenters. The number of fused-ring (bicyclic) bond motifs is 2. The van der Waals surface area contributed by atoms with Gasteiger partial charge in [0, 0.05) is 16.5 Å². The van der Waals surface area contributed by atoms with Gasteiger partial charge in [-0.3, -0.25) is 4.79 Å². The lowest BCUT2D eigenvalue weighted by molar-refractivity contribution is 0.0855. The number of phenolic OH excluding ortho intramolecular Hbond substituents is 2. The first-order valence-electron chi connectivity index (χ1n) is 9.29. The van der Waals surface area contributed by atoms with Crippen LogP contribution in [0.25, 0.3) is 32.7 Å². The minimum atomic E-state index is -0.641. The summed E-state index contributed by atoms with van der Waals surface area (Å²) in [6.07, 6.45) is 0. The monoisotopic (exact) mass is 370 g/mol. The van der Waals surface area contributed by atoms with Crippen LogP contribution in [-0.2, 0) is 0 Å². The van der Waals surface area contributed by atoms with Gasteiger partial charge in [0.15, 0.2) is 5.78 Å². The Morgan fingerprint density at radius 2 is 1.32 bits per heavy atom. The largest absolute Gasteiger partial charge is 0.507 e. The molecule has 0 saturated carbocycles. The zero-order chi connectivity index (χ0) is 20.1. The molecule has 0 aliphatic carbocycles. The van der Waals surface area contributed by atoms with Gasteiger partial charge in [0.05, 0.1) is 5.56 Å². The number of carbonyl (C=O) groups excluding carboxylic acids is 1. The van der Waals surface area contributed by atoms with Gasteiger partial charge < -0.3 is 10.2 Å². The zero-order valence-electron chi connectivity index (χ0n) is 16.2. The summed E-state index contributed by atoms with van der Waals surface area (Å²) >= 11 is 0. The fourth-order valence-corrected chi connectivity index (χ4v) is 3.69. The normalized spacial score (nSPS) is 11.8. The van der Waals surface area contributed by atoms with Crippen molar-refractivity contribution in [3.05, 3.63) is 72.3 Å². The number of carbonyl (C=O) groups is 1. The van der Waals surface area contributed by atoms with E-state index in [0.717, 1.165) is 21.5 Å². The molecule has 3 heteroatoms. The van der Waals surface area contributed by atoms with Crippen LogP contribution < -0.4 is 0 Å². The third-order valence-electron chi connectivity index (χ3n) is 5.10. The highest BCUT2D eigenvalue weighted by Gasteiger charge is 2.28. The predicted molar refractivity (Wildman–Crippen MR) is 114 cm³/mol. The van der Waals surface area contributed by atoms with Crippen molar-refractivity contribution >= 4 is 27.3 Å². The van der Waals surface area contributed by atoms with E-state index in [2.05, 4.69) is 0 Å². The third kappa shape index (κ3) is 2.80. The van der Waals surface area contributed by atoms with Crippen LogP contribution in [0, 0.1) is 5.41 Å². The van der Waals surface area contributed by atoms with Gasteiger partial charge in [0.25, 0.3) is 0 Å². The van der Waals surface area contributed by atoms with E-state index in [9.17, 15) is 15.0 Å². The minimum Gasteiger partial charge on any atom is -0.507 e. The van der Waals surface area contributed by atoms with E-state index in [1.165, 1.54) is 0 Å². The maximum Gasteiger partial charge on any atom is 0.171 e. The second-order valence-electron chi connectivity index (χ2n) is 8.13. The highest BCUT2D eigenvalue weighted by atomic mass is 16.3. The molecule has 0 spiro atoms. The Bertz CT molecular complexity index is 1230. The molecular weight excluding hydrogens is 348 g/mol. The van der Waals surface area contributed by atoms with E-state index in [1.54, 1.807) is 12.1 Å². The van der Waals surface area contributed by atoms with Crippen molar-refractivity contribution in [3.8, 4) is 22.6 Å². The lowest BCUT2D eigenvalue weighted by Gasteiger charge is -2.21. The number of aromatic hydroxyl groups is 2. The van der Waals surface area contributed by atoms with Gasteiger partial charge >= 0.3 is 0 Å². The molecule has 3 nitrogen and oxygen atoms in total. The van der Waals surface area contributed by atoms with E-state index in [1.807, 2.05) is 75.4 Å². The smallest absolute Gasteiger partial charge is 0.171 e. The summed E-state index contributed by atoms with van der Waals surface area (Å²) in [4.78, 5) is 13.0. The number of benzene rings is 4. The van der Waals surface area contributed by atoms with Crippen molar-refractivity contribution in [3.63, 3.8) is 0 Å². The van der Waals surface area contributed by atoms with Crippen molar-refractivity contribution in [2.75, 3.05) is 0 Å². The molecule has 0 aromatic heterocycles. The molecule has 0 aliphatic heterocycles. The molecule has 0 heterocycles. The van der Waals surface area contributed by atoms with Gasteiger partial charge in [-0.1, -0.05) is 75.4 Å². The van der Waals surface area contributed by atoms with Crippen LogP contribution in [0.5, 0.6) is 11.5 Å².